The summed E-state index contributed by atoms with van der Waals surface area (Å²) in [6.45, 7) is 3.47. The second kappa shape index (κ2) is 17.4. The Morgan fingerprint density at radius 3 is 1.87 bits per heavy atom. The molecule has 0 spiro atoms. The van der Waals surface area contributed by atoms with Gasteiger partial charge in [0.2, 0.25) is 0 Å². The van der Waals surface area contributed by atoms with Crippen LogP contribution in [0.3, 0.4) is 0 Å². The van der Waals surface area contributed by atoms with Crippen LogP contribution >= 0.6 is 7.82 Å². The maximum absolute atomic E-state index is 11.8. The second-order valence-corrected chi connectivity index (χ2v) is 8.99. The standard InChI is InChI=1S/C20H39N2O7P/c1-17(23)16-19(18(2)24)22-20(25)21-14-12-10-8-6-4-5-7-9-11-13-15-29-30(26,27)28-3/h19H,4-16H2,1-3H3,(H,26,27)(H2,21,22,25)/p-1. The third-order valence-electron chi connectivity index (χ3n) is 4.62. The van der Waals surface area contributed by atoms with Crippen molar-refractivity contribution in [2.24, 2.45) is 0 Å². The first-order valence-electron chi connectivity index (χ1n) is 10.7. The smallest absolute Gasteiger partial charge is 0.315 e. The van der Waals surface area contributed by atoms with Crippen LogP contribution in [0.5, 0.6) is 0 Å². The quantitative estimate of drug-likeness (QED) is 0.228. The average molecular weight is 450 g/mol. The molecule has 0 saturated carbocycles. The molecule has 9 nitrogen and oxygen atoms in total. The van der Waals surface area contributed by atoms with Gasteiger partial charge in [-0.25, -0.2) is 4.79 Å². The number of Topliss-reactive ketones (excluding diaryl/α,β-unsaturated/α-hetero) is 2. The molecule has 0 bridgehead atoms. The second-order valence-electron chi connectivity index (χ2n) is 7.47. The van der Waals surface area contributed by atoms with E-state index in [1.165, 1.54) is 13.8 Å². The summed E-state index contributed by atoms with van der Waals surface area (Å²) in [5, 5.41) is 5.26. The van der Waals surface area contributed by atoms with Crippen molar-refractivity contribution in [2.45, 2.75) is 90.5 Å². The van der Waals surface area contributed by atoms with Crippen molar-refractivity contribution in [1.82, 2.24) is 10.6 Å². The van der Waals surface area contributed by atoms with Crippen LogP contribution in [0.25, 0.3) is 0 Å². The van der Waals surface area contributed by atoms with Crippen LogP contribution < -0.4 is 15.5 Å². The number of ketones is 2. The maximum atomic E-state index is 11.8. The topological polar surface area (TPSA) is 134 Å². The van der Waals surface area contributed by atoms with Crippen LogP contribution in [-0.4, -0.2) is 43.9 Å². The van der Waals surface area contributed by atoms with E-state index in [-0.39, 0.29) is 24.6 Å². The van der Waals surface area contributed by atoms with Gasteiger partial charge in [0.15, 0.2) is 5.78 Å². The zero-order valence-corrected chi connectivity index (χ0v) is 19.5. The molecule has 0 aliphatic heterocycles. The lowest BCUT2D eigenvalue weighted by Gasteiger charge is -2.19. The van der Waals surface area contributed by atoms with Crippen LogP contribution in [0.4, 0.5) is 4.79 Å². The van der Waals surface area contributed by atoms with Gasteiger partial charge in [0, 0.05) is 20.1 Å². The molecule has 0 aromatic heterocycles. The molecule has 0 aromatic rings. The lowest BCUT2D eigenvalue weighted by molar-refractivity contribution is -0.223. The number of hydrogen-bond acceptors (Lipinski definition) is 7. The SMILES string of the molecule is COP(=O)([O-])OCCCCCCCCCCCCNC(=O)NC(CC(C)=O)C(C)=O. The molecular weight excluding hydrogens is 411 g/mol. The van der Waals surface area contributed by atoms with Crippen LogP contribution in [0, 0.1) is 0 Å². The Morgan fingerprint density at radius 2 is 1.40 bits per heavy atom. The van der Waals surface area contributed by atoms with Crippen LogP contribution in [0.15, 0.2) is 0 Å². The fourth-order valence-corrected chi connectivity index (χ4v) is 3.32. The third-order valence-corrected chi connectivity index (χ3v) is 5.56. The van der Waals surface area contributed by atoms with E-state index in [2.05, 4.69) is 19.7 Å². The number of phosphoric acid groups is 1. The van der Waals surface area contributed by atoms with E-state index in [4.69, 9.17) is 0 Å². The van der Waals surface area contributed by atoms with Crippen molar-refractivity contribution in [3.63, 3.8) is 0 Å². The summed E-state index contributed by atoms with van der Waals surface area (Å²) in [6.07, 6.45) is 10.3. The minimum absolute atomic E-state index is 0.0204. The van der Waals surface area contributed by atoms with Crippen molar-refractivity contribution in [3.05, 3.63) is 0 Å². The van der Waals surface area contributed by atoms with Gasteiger partial charge in [0.1, 0.15) is 5.78 Å². The molecular formula is C20H38N2O7P-. The summed E-state index contributed by atoms with van der Waals surface area (Å²) >= 11 is 0. The molecule has 2 atom stereocenters. The van der Waals surface area contributed by atoms with Crippen molar-refractivity contribution < 1.29 is 32.9 Å². The van der Waals surface area contributed by atoms with E-state index in [9.17, 15) is 23.8 Å². The van der Waals surface area contributed by atoms with Crippen LogP contribution in [0.1, 0.15) is 84.5 Å². The van der Waals surface area contributed by atoms with E-state index in [0.29, 0.717) is 13.0 Å². The third kappa shape index (κ3) is 17.6. The maximum Gasteiger partial charge on any atom is 0.315 e. The predicted octanol–water partition coefficient (Wildman–Crippen LogP) is 3.25. The van der Waals surface area contributed by atoms with Crippen molar-refractivity contribution in [2.75, 3.05) is 20.3 Å². The van der Waals surface area contributed by atoms with Gasteiger partial charge < -0.3 is 24.6 Å². The normalized spacial score (nSPS) is 14.0. The first-order valence-corrected chi connectivity index (χ1v) is 12.2. The first-order chi connectivity index (χ1) is 14.2. The van der Waals surface area contributed by atoms with Crippen LogP contribution in [-0.2, 0) is 23.2 Å². The largest absolute Gasteiger partial charge is 0.756 e. The molecule has 0 radical (unpaired) electrons. The fraction of sp³-hybridized carbons (Fsp3) is 0.850. The highest BCUT2D eigenvalue weighted by atomic mass is 31.2. The molecule has 0 rings (SSSR count). The molecule has 0 heterocycles. The summed E-state index contributed by atoms with van der Waals surface area (Å²) in [4.78, 5) is 45.3. The zero-order valence-electron chi connectivity index (χ0n) is 18.6. The number of amides is 2. The van der Waals surface area contributed by atoms with E-state index in [1.807, 2.05) is 0 Å². The molecule has 2 N–H and O–H groups in total. The monoisotopic (exact) mass is 449 g/mol. The Morgan fingerprint density at radius 1 is 0.900 bits per heavy atom. The van der Waals surface area contributed by atoms with Crippen molar-refractivity contribution >= 4 is 25.4 Å². The summed E-state index contributed by atoms with van der Waals surface area (Å²) in [5.41, 5.74) is 0. The minimum atomic E-state index is -4.08. The molecule has 2 amide bonds. The van der Waals surface area contributed by atoms with Crippen LogP contribution in [0.2, 0.25) is 0 Å². The van der Waals surface area contributed by atoms with Crippen molar-refractivity contribution in [3.8, 4) is 0 Å². The number of carbonyl (C=O) groups is 3. The molecule has 0 fully saturated rings. The van der Waals surface area contributed by atoms with Gasteiger partial charge in [-0.15, -0.1) is 0 Å². The zero-order chi connectivity index (χ0) is 22.8. The van der Waals surface area contributed by atoms with Gasteiger partial charge in [-0.3, -0.25) is 14.2 Å². The lowest BCUT2D eigenvalue weighted by Crippen LogP contribution is -2.46. The highest BCUT2D eigenvalue weighted by Gasteiger charge is 2.18. The van der Waals surface area contributed by atoms with E-state index < -0.39 is 19.9 Å². The molecule has 176 valence electrons. The number of unbranched alkanes of at least 4 members (excludes halogenated alkanes) is 9. The predicted molar refractivity (Wildman–Crippen MR) is 113 cm³/mol. The highest BCUT2D eigenvalue weighted by molar-refractivity contribution is 7.45. The molecule has 10 heteroatoms. The molecule has 0 aliphatic carbocycles. The van der Waals surface area contributed by atoms with Gasteiger partial charge in [-0.1, -0.05) is 51.4 Å². The number of hydrogen-bond donors (Lipinski definition) is 2. The van der Waals surface area contributed by atoms with E-state index in [1.54, 1.807) is 0 Å². The van der Waals surface area contributed by atoms with Crippen molar-refractivity contribution in [1.29, 1.82) is 0 Å². The van der Waals surface area contributed by atoms with Gasteiger partial charge in [0.05, 0.1) is 12.6 Å². The van der Waals surface area contributed by atoms with Gasteiger partial charge >= 0.3 is 6.03 Å². The van der Waals surface area contributed by atoms with E-state index >= 15 is 0 Å². The Labute approximate surface area is 180 Å². The summed E-state index contributed by atoms with van der Waals surface area (Å²) in [5.74, 6) is -0.365. The molecule has 0 aliphatic rings. The number of urea groups is 1. The molecule has 30 heavy (non-hydrogen) atoms. The summed E-state index contributed by atoms with van der Waals surface area (Å²) in [7, 11) is -2.99. The Kier molecular flexibility index (Phi) is 16.7. The Bertz CT molecular complexity index is 557. The summed E-state index contributed by atoms with van der Waals surface area (Å²) < 4.78 is 19.8. The fourth-order valence-electron chi connectivity index (χ4n) is 2.87. The molecule has 0 aromatic carbocycles. The number of carbonyl (C=O) groups excluding carboxylic acids is 3. The highest BCUT2D eigenvalue weighted by Crippen LogP contribution is 2.36. The number of rotatable bonds is 19. The summed E-state index contributed by atoms with van der Waals surface area (Å²) in [6, 6.07) is -1.17. The van der Waals surface area contributed by atoms with Gasteiger partial charge in [-0.05, 0) is 26.7 Å². The average Bonchev–Trinajstić information content (AvgIpc) is 2.67. The molecule has 2 unspecified atom stereocenters. The van der Waals surface area contributed by atoms with Gasteiger partial charge in [0.25, 0.3) is 7.82 Å². The first kappa shape index (κ1) is 28.7. The number of nitrogens with one attached hydrogen (secondary N) is 2. The van der Waals surface area contributed by atoms with Gasteiger partial charge in [-0.2, -0.15) is 0 Å². The van der Waals surface area contributed by atoms with E-state index in [0.717, 1.165) is 64.9 Å². The Balaban J connectivity index is 3.47. The number of phosphoric ester groups is 1. The lowest BCUT2D eigenvalue weighted by atomic mass is 10.1. The molecule has 0 saturated heterocycles. The minimum Gasteiger partial charge on any atom is -0.756 e. The Hall–Kier alpha value is -1.28.